The Hall–Kier alpha value is -6.44. The van der Waals surface area contributed by atoms with Gasteiger partial charge in [0.1, 0.15) is 0 Å². The third kappa shape index (κ3) is 7.34. The number of para-hydroxylation sites is 3. The number of nitrogens with zero attached hydrogens (tertiary/aromatic N) is 5. The van der Waals surface area contributed by atoms with E-state index < -0.39 is 8.07 Å². The second-order valence-electron chi connectivity index (χ2n) is 18.7. The fourth-order valence-corrected chi connectivity index (χ4v) is 11.5. The van der Waals surface area contributed by atoms with Crippen LogP contribution in [0.1, 0.15) is 36.2 Å². The molecule has 5 aromatic heterocycles. The first-order chi connectivity index (χ1) is 31.0. The molecule has 0 saturated carbocycles. The molecule has 0 fully saturated rings. The second-order valence-corrected chi connectivity index (χ2v) is 23.7. The van der Waals surface area contributed by atoms with Gasteiger partial charge in [0, 0.05) is 55.6 Å². The molecule has 0 bridgehead atoms. The first-order valence-corrected chi connectivity index (χ1v) is 25.8. The van der Waals surface area contributed by atoms with E-state index in [1.807, 2.05) is 31.2 Å². The summed E-state index contributed by atoms with van der Waals surface area (Å²) in [5, 5.41) is 8.65. The van der Waals surface area contributed by atoms with Crippen LogP contribution in [-0.2, 0) is 40.0 Å². The van der Waals surface area contributed by atoms with Crippen LogP contribution < -0.4 is 5.19 Å². The minimum absolute atomic E-state index is 0. The van der Waals surface area contributed by atoms with Crippen molar-refractivity contribution in [3.05, 3.63) is 168 Å². The molecule has 1 radical (unpaired) electrons. The van der Waals surface area contributed by atoms with Gasteiger partial charge in [-0.05, 0) is 112 Å². The van der Waals surface area contributed by atoms with Crippen LogP contribution in [0.25, 0.3) is 100 Å². The van der Waals surface area contributed by atoms with Crippen LogP contribution >= 0.6 is 0 Å². The normalized spacial score (nSPS) is 12.5. The Morgan fingerprint density at radius 1 is 0.769 bits per heavy atom. The van der Waals surface area contributed by atoms with Gasteiger partial charge in [0.25, 0.3) is 0 Å². The van der Waals surface area contributed by atoms with E-state index in [0.29, 0.717) is 11.6 Å². The molecular formula is C57H49IrN5OSi-2. The van der Waals surface area contributed by atoms with E-state index in [-0.39, 0.29) is 20.1 Å². The van der Waals surface area contributed by atoms with Crippen molar-refractivity contribution in [3.8, 4) is 28.3 Å². The van der Waals surface area contributed by atoms with E-state index in [2.05, 4.69) is 182 Å². The molecule has 6 nitrogen and oxygen atoms in total. The van der Waals surface area contributed by atoms with Gasteiger partial charge in [-0.25, -0.2) is 4.98 Å². The first-order valence-electron chi connectivity index (χ1n) is 22.3. The molecule has 5 heterocycles. The predicted octanol–water partition coefficient (Wildman–Crippen LogP) is 13.8. The summed E-state index contributed by atoms with van der Waals surface area (Å²) < 4.78 is 10.7. The summed E-state index contributed by atoms with van der Waals surface area (Å²) in [6.45, 7) is 13.7. The van der Waals surface area contributed by atoms with Gasteiger partial charge in [0.15, 0.2) is 0 Å². The Labute approximate surface area is 394 Å². The number of hydrogen-bond donors (Lipinski definition) is 0. The molecule has 8 heteroatoms. The fraction of sp³-hybridized carbons (Fsp3) is 0.175. The number of allylic oxidation sites excluding steroid dienone is 1. The van der Waals surface area contributed by atoms with E-state index in [1.165, 1.54) is 48.9 Å². The Morgan fingerprint density at radius 3 is 2.35 bits per heavy atom. The monoisotopic (exact) mass is 1040 g/mol. The van der Waals surface area contributed by atoms with E-state index in [1.54, 1.807) is 0 Å². The number of aromatic nitrogens is 5. The number of aryl methyl sites for hydroxylation is 2. The van der Waals surface area contributed by atoms with Gasteiger partial charge in [-0.1, -0.05) is 128 Å². The summed E-state index contributed by atoms with van der Waals surface area (Å²) in [5.41, 5.74) is 14.9. The van der Waals surface area contributed by atoms with E-state index in [9.17, 15) is 0 Å². The molecular weight excluding hydrogens is 991 g/mol. The average Bonchev–Trinajstić information content (AvgIpc) is 3.95. The minimum Gasteiger partial charge on any atom is -0.486 e. The third-order valence-electron chi connectivity index (χ3n) is 12.7. The summed E-state index contributed by atoms with van der Waals surface area (Å²) in [4.78, 5) is 14.6. The zero-order valence-corrected chi connectivity index (χ0v) is 41.1. The zero-order valence-electron chi connectivity index (χ0n) is 37.7. The Morgan fingerprint density at radius 2 is 1.54 bits per heavy atom. The number of rotatable bonds is 6. The van der Waals surface area contributed by atoms with Crippen molar-refractivity contribution in [3.63, 3.8) is 0 Å². The van der Waals surface area contributed by atoms with Gasteiger partial charge in [-0.3, -0.25) is 4.98 Å². The maximum atomic E-state index is 6.16. The van der Waals surface area contributed by atoms with Crippen LogP contribution in [0.2, 0.25) is 19.6 Å². The van der Waals surface area contributed by atoms with Crippen molar-refractivity contribution in [1.29, 1.82) is 0 Å². The molecule has 1 aliphatic carbocycles. The second kappa shape index (κ2) is 16.5. The smallest absolute Gasteiger partial charge is 0.216 e. The molecule has 65 heavy (non-hydrogen) atoms. The Bertz CT molecular complexity index is 3680. The van der Waals surface area contributed by atoms with Crippen molar-refractivity contribution in [2.45, 2.75) is 53.3 Å². The molecule has 0 spiro atoms. The number of benzene rings is 6. The quantitative estimate of drug-likeness (QED) is 0.123. The number of fused-ring (bicyclic) bond motifs is 7. The minimum atomic E-state index is -1.46. The summed E-state index contributed by atoms with van der Waals surface area (Å²) in [5.74, 6) is 1.51. The van der Waals surface area contributed by atoms with Crippen molar-refractivity contribution in [2.75, 3.05) is 0 Å². The van der Waals surface area contributed by atoms with Crippen molar-refractivity contribution in [1.82, 2.24) is 24.1 Å². The van der Waals surface area contributed by atoms with Crippen molar-refractivity contribution >= 4 is 85.0 Å². The van der Waals surface area contributed by atoms with Crippen LogP contribution in [0.5, 0.6) is 0 Å². The molecule has 12 rings (SSSR count). The van der Waals surface area contributed by atoms with Crippen molar-refractivity contribution in [2.24, 2.45) is 13.0 Å². The van der Waals surface area contributed by atoms with Crippen LogP contribution in [0.15, 0.2) is 138 Å². The molecule has 0 amide bonds. The van der Waals surface area contributed by atoms with Gasteiger partial charge in [0.2, 0.25) is 5.71 Å². The zero-order chi connectivity index (χ0) is 43.9. The van der Waals surface area contributed by atoms with Crippen LogP contribution in [0.3, 0.4) is 0 Å². The standard InChI is InChI=1S/C33H22N3.C24H27N2OSi.Ir/c1-35-29-17-4-2-13-25(29)26-14-8-15-27(32(26)35)33-34-28-16-3-5-18-30(28)36(33)24-19-22-11-6-9-21-10-7-12-23(20-24)31(21)22;1-15(2)12-17-13-21(25-14-22(17)28(4,5)6)20-9-7-8-18-19-11-10-16(3)26-24(19)27-23(18)20;/h2-9,11-14,16-20H,10H2,1H3;7-8,10-11,13-15H,12H2,1-6H3;/q2*-1;. The maximum absolute atomic E-state index is 6.16. The largest absolute Gasteiger partial charge is 0.486 e. The van der Waals surface area contributed by atoms with Gasteiger partial charge < -0.3 is 18.5 Å². The van der Waals surface area contributed by atoms with Gasteiger partial charge in [0.05, 0.1) is 30.5 Å². The van der Waals surface area contributed by atoms with Crippen molar-refractivity contribution < 1.29 is 24.5 Å². The molecule has 11 aromatic rings. The number of hydrogen-bond acceptors (Lipinski definition) is 4. The van der Waals surface area contributed by atoms with Gasteiger partial charge in [-0.15, -0.1) is 36.4 Å². The molecule has 0 saturated heterocycles. The number of imidazole rings is 1. The molecule has 0 aliphatic heterocycles. The molecule has 0 atom stereocenters. The van der Waals surface area contributed by atoms with Crippen LogP contribution in [0.4, 0.5) is 0 Å². The predicted molar refractivity (Wildman–Crippen MR) is 269 cm³/mol. The molecule has 6 aromatic carbocycles. The summed E-state index contributed by atoms with van der Waals surface area (Å²) in [6.07, 6.45) is 8.66. The maximum Gasteiger partial charge on any atom is 0.216 e. The topological polar surface area (TPSA) is 61.7 Å². The number of furan rings is 1. The fourth-order valence-electron chi connectivity index (χ4n) is 9.89. The molecule has 0 unspecified atom stereocenters. The first kappa shape index (κ1) is 42.5. The molecule has 1 aliphatic rings. The van der Waals surface area contributed by atoms with E-state index in [4.69, 9.17) is 14.4 Å². The van der Waals surface area contributed by atoms with E-state index in [0.717, 1.165) is 79.8 Å². The summed E-state index contributed by atoms with van der Waals surface area (Å²) in [6, 6.07) is 49.7. The number of pyridine rings is 2. The van der Waals surface area contributed by atoms with Gasteiger partial charge >= 0.3 is 0 Å². The molecule has 323 valence electrons. The average molecular weight is 1040 g/mol. The summed E-state index contributed by atoms with van der Waals surface area (Å²) in [7, 11) is 0.679. The SMILES string of the molecule is Cc1ccc2c(n1)oc1c(-c3cc(CC(C)C)c([Si](C)(C)C)cn3)[c-]ccc12.Cn1c2ccccc2c2cc[c-]c(-c3nc4ccccc4n3-c3cc4c5c(cccc5c3)CC=C4)c21.[Ir]. The van der Waals surface area contributed by atoms with Crippen LogP contribution in [0, 0.1) is 25.0 Å². The Kier molecular flexibility index (Phi) is 10.8. The molecule has 0 N–H and O–H groups in total. The van der Waals surface area contributed by atoms with E-state index >= 15 is 0 Å². The van der Waals surface area contributed by atoms with Gasteiger partial charge in [-0.2, -0.15) is 0 Å². The van der Waals surface area contributed by atoms with Crippen LogP contribution in [-0.4, -0.2) is 32.2 Å². The Balaban J connectivity index is 0.000000156. The third-order valence-corrected chi connectivity index (χ3v) is 14.8. The summed E-state index contributed by atoms with van der Waals surface area (Å²) >= 11 is 0.